The van der Waals surface area contributed by atoms with Gasteiger partial charge in [0.15, 0.2) is 0 Å². The maximum absolute atomic E-state index is 4.17. The third-order valence-corrected chi connectivity index (χ3v) is 1.58. The molecule has 0 aliphatic carbocycles. The molecule has 0 aliphatic rings. The molecule has 2 heterocycles. The Hall–Kier alpha value is -1.52. The Labute approximate surface area is 62.9 Å². The van der Waals surface area contributed by atoms with Crippen molar-refractivity contribution in [2.24, 2.45) is 0 Å². The average Bonchev–Trinajstić information content (AvgIpc) is 2.36. The molecule has 5 nitrogen and oxygen atoms in total. The monoisotopic (exact) mass is 149 g/mol. The molecule has 0 spiro atoms. The normalized spacial score (nSPS) is 10.7. The minimum absolute atomic E-state index is 0.577. The van der Waals surface area contributed by atoms with E-state index in [-0.39, 0.29) is 0 Å². The molecule has 0 fully saturated rings. The summed E-state index contributed by atoms with van der Waals surface area (Å²) < 4.78 is 0. The summed E-state index contributed by atoms with van der Waals surface area (Å²) in [7, 11) is 0. The molecule has 0 saturated carbocycles. The zero-order valence-corrected chi connectivity index (χ0v) is 6.29. The van der Waals surface area contributed by atoms with Crippen molar-refractivity contribution in [1.29, 1.82) is 0 Å². The van der Waals surface area contributed by atoms with Gasteiger partial charge in [0.05, 0.1) is 11.4 Å². The lowest BCUT2D eigenvalue weighted by molar-refractivity contribution is 0.950. The summed E-state index contributed by atoms with van der Waals surface area (Å²) in [6.07, 6.45) is 0. The molecule has 2 aromatic rings. The van der Waals surface area contributed by atoms with Crippen LogP contribution < -0.4 is 0 Å². The summed E-state index contributed by atoms with van der Waals surface area (Å²) in [6, 6.07) is 0. The van der Waals surface area contributed by atoms with E-state index in [1.54, 1.807) is 0 Å². The number of nitrogens with zero attached hydrogens (tertiary/aromatic N) is 4. The van der Waals surface area contributed by atoms with E-state index in [9.17, 15) is 0 Å². The molecule has 0 unspecified atom stereocenters. The van der Waals surface area contributed by atoms with Gasteiger partial charge in [-0.2, -0.15) is 5.21 Å². The lowest BCUT2D eigenvalue weighted by atomic mass is 10.3. The van der Waals surface area contributed by atoms with Gasteiger partial charge in [-0.1, -0.05) is 0 Å². The summed E-state index contributed by atoms with van der Waals surface area (Å²) in [5.74, 6) is 0. The fraction of sp³-hybridized carbons (Fsp3) is 0.333. The number of rotatable bonds is 0. The quantitative estimate of drug-likeness (QED) is 0.587. The van der Waals surface area contributed by atoms with Crippen molar-refractivity contribution in [3.05, 3.63) is 11.4 Å². The smallest absolute Gasteiger partial charge is 0.221 e. The summed E-state index contributed by atoms with van der Waals surface area (Å²) in [4.78, 5) is 8.34. The number of aromatic nitrogens is 5. The van der Waals surface area contributed by atoms with Gasteiger partial charge in [0, 0.05) is 0 Å². The third-order valence-electron chi connectivity index (χ3n) is 1.58. The van der Waals surface area contributed by atoms with E-state index in [0.29, 0.717) is 11.3 Å². The second kappa shape index (κ2) is 1.98. The number of H-pyrrole nitrogens is 1. The lowest BCUT2D eigenvalue weighted by Gasteiger charge is -1.93. The molecule has 0 amide bonds. The molecule has 0 radical (unpaired) electrons. The number of fused-ring (bicyclic) bond motifs is 1. The second-order valence-corrected chi connectivity index (χ2v) is 2.37. The SMILES string of the molecule is Cc1nc2n[nH]nc2nc1C. The predicted molar refractivity (Wildman–Crippen MR) is 39.0 cm³/mol. The zero-order chi connectivity index (χ0) is 7.84. The first-order valence-corrected chi connectivity index (χ1v) is 3.29. The molecule has 56 valence electrons. The molecule has 0 bridgehead atoms. The Morgan fingerprint density at radius 3 is 1.82 bits per heavy atom. The predicted octanol–water partition coefficient (Wildman–Crippen LogP) is 0.365. The Kier molecular flexibility index (Phi) is 1.12. The number of nitrogens with one attached hydrogen (secondary N) is 1. The average molecular weight is 149 g/mol. The van der Waals surface area contributed by atoms with Crippen molar-refractivity contribution >= 4 is 11.3 Å². The van der Waals surface area contributed by atoms with Gasteiger partial charge in [0.1, 0.15) is 0 Å². The van der Waals surface area contributed by atoms with Crippen molar-refractivity contribution in [3.63, 3.8) is 0 Å². The topological polar surface area (TPSA) is 67.3 Å². The van der Waals surface area contributed by atoms with Crippen LogP contribution in [0, 0.1) is 13.8 Å². The van der Waals surface area contributed by atoms with Crippen LogP contribution >= 0.6 is 0 Å². The first kappa shape index (κ1) is 6.21. The van der Waals surface area contributed by atoms with Crippen LogP contribution in [0.5, 0.6) is 0 Å². The summed E-state index contributed by atoms with van der Waals surface area (Å²) in [5, 5.41) is 10.1. The van der Waals surface area contributed by atoms with E-state index in [0.717, 1.165) is 11.4 Å². The summed E-state index contributed by atoms with van der Waals surface area (Å²) in [6.45, 7) is 3.80. The number of aromatic amines is 1. The molecule has 2 rings (SSSR count). The maximum atomic E-state index is 4.17. The number of hydrogen-bond acceptors (Lipinski definition) is 4. The standard InChI is InChI=1S/C6H7N5/c1-3-4(2)8-6-5(7-3)9-11-10-6/h1-2H3,(H,7,8,9,10,11). The first-order valence-electron chi connectivity index (χ1n) is 3.29. The van der Waals surface area contributed by atoms with Gasteiger partial charge >= 0.3 is 0 Å². The Balaban J connectivity index is 2.86. The highest BCUT2D eigenvalue weighted by Crippen LogP contribution is 2.04. The molecular weight excluding hydrogens is 142 g/mol. The fourth-order valence-electron chi connectivity index (χ4n) is 0.849. The van der Waals surface area contributed by atoms with E-state index < -0.39 is 0 Å². The van der Waals surface area contributed by atoms with Crippen LogP contribution in [0.15, 0.2) is 0 Å². The van der Waals surface area contributed by atoms with Crippen LogP contribution in [0.2, 0.25) is 0 Å². The highest BCUT2D eigenvalue weighted by Gasteiger charge is 2.02. The molecule has 1 N–H and O–H groups in total. The number of aryl methyl sites for hydroxylation is 2. The van der Waals surface area contributed by atoms with Crippen molar-refractivity contribution in [2.45, 2.75) is 13.8 Å². The lowest BCUT2D eigenvalue weighted by Crippen LogP contribution is -1.91. The van der Waals surface area contributed by atoms with Gasteiger partial charge in [0.25, 0.3) is 0 Å². The molecule has 2 aromatic heterocycles. The van der Waals surface area contributed by atoms with Crippen LogP contribution in [-0.4, -0.2) is 25.4 Å². The van der Waals surface area contributed by atoms with Gasteiger partial charge in [0.2, 0.25) is 11.3 Å². The molecule has 11 heavy (non-hydrogen) atoms. The summed E-state index contributed by atoms with van der Waals surface area (Å²) >= 11 is 0. The Morgan fingerprint density at radius 1 is 0.909 bits per heavy atom. The van der Waals surface area contributed by atoms with E-state index in [4.69, 9.17) is 0 Å². The van der Waals surface area contributed by atoms with Gasteiger partial charge in [-0.25, -0.2) is 9.97 Å². The minimum Gasteiger partial charge on any atom is -0.227 e. The van der Waals surface area contributed by atoms with Crippen LogP contribution in [-0.2, 0) is 0 Å². The van der Waals surface area contributed by atoms with Crippen LogP contribution in [0.25, 0.3) is 11.3 Å². The fourth-order valence-corrected chi connectivity index (χ4v) is 0.849. The first-order chi connectivity index (χ1) is 5.27. The van der Waals surface area contributed by atoms with Crippen molar-refractivity contribution in [1.82, 2.24) is 25.4 Å². The molecule has 0 saturated heterocycles. The van der Waals surface area contributed by atoms with E-state index in [2.05, 4.69) is 25.4 Å². The zero-order valence-electron chi connectivity index (χ0n) is 6.29. The summed E-state index contributed by atoms with van der Waals surface area (Å²) in [5.41, 5.74) is 2.94. The molecule has 5 heteroatoms. The van der Waals surface area contributed by atoms with Crippen molar-refractivity contribution < 1.29 is 0 Å². The molecule has 0 aromatic carbocycles. The molecule has 0 atom stereocenters. The van der Waals surface area contributed by atoms with Crippen LogP contribution in [0.4, 0.5) is 0 Å². The number of hydrogen-bond donors (Lipinski definition) is 1. The van der Waals surface area contributed by atoms with Gasteiger partial charge < -0.3 is 0 Å². The largest absolute Gasteiger partial charge is 0.227 e. The second-order valence-electron chi connectivity index (χ2n) is 2.37. The Bertz CT molecular complexity index is 355. The van der Waals surface area contributed by atoms with Gasteiger partial charge in [-0.15, -0.1) is 10.2 Å². The minimum atomic E-state index is 0.577. The van der Waals surface area contributed by atoms with Crippen molar-refractivity contribution in [2.75, 3.05) is 0 Å². The maximum Gasteiger partial charge on any atom is 0.221 e. The van der Waals surface area contributed by atoms with E-state index in [1.807, 2.05) is 13.8 Å². The van der Waals surface area contributed by atoms with Gasteiger partial charge in [-0.05, 0) is 13.8 Å². The van der Waals surface area contributed by atoms with Gasteiger partial charge in [-0.3, -0.25) is 0 Å². The van der Waals surface area contributed by atoms with Crippen LogP contribution in [0.1, 0.15) is 11.4 Å². The molecular formula is C6H7N5. The van der Waals surface area contributed by atoms with Crippen LogP contribution in [0.3, 0.4) is 0 Å². The third kappa shape index (κ3) is 0.849. The Morgan fingerprint density at radius 2 is 1.36 bits per heavy atom. The molecule has 0 aliphatic heterocycles. The van der Waals surface area contributed by atoms with Crippen molar-refractivity contribution in [3.8, 4) is 0 Å². The highest BCUT2D eigenvalue weighted by molar-refractivity contribution is 5.63. The van der Waals surface area contributed by atoms with E-state index in [1.165, 1.54) is 0 Å². The highest BCUT2D eigenvalue weighted by atomic mass is 15.4. The van der Waals surface area contributed by atoms with E-state index >= 15 is 0 Å².